The molecule has 0 aromatic carbocycles. The van der Waals surface area contributed by atoms with Gasteiger partial charge in [0.15, 0.2) is 5.78 Å². The summed E-state index contributed by atoms with van der Waals surface area (Å²) >= 11 is 0. The van der Waals surface area contributed by atoms with Crippen LogP contribution in [-0.2, 0) is 19.1 Å². The van der Waals surface area contributed by atoms with E-state index >= 15 is 0 Å². The molecule has 0 radical (unpaired) electrons. The zero-order valence-electron chi connectivity index (χ0n) is 14.0. The van der Waals surface area contributed by atoms with Gasteiger partial charge in [0, 0.05) is 6.04 Å². The van der Waals surface area contributed by atoms with Gasteiger partial charge in [-0.15, -0.1) is 0 Å². The molecule has 21 heavy (non-hydrogen) atoms. The third kappa shape index (κ3) is 6.71. The number of carbonyl (C=O) groups is 3. The van der Waals surface area contributed by atoms with Crippen molar-refractivity contribution in [2.45, 2.75) is 47.6 Å². The molecule has 0 fully saturated rings. The molecule has 0 aromatic rings. The molecule has 6 heteroatoms. The number of nitrogens with zero attached hydrogens (tertiary/aromatic N) is 1. The number of rotatable bonds is 9. The molecule has 0 saturated heterocycles. The Hall–Kier alpha value is -1.43. The lowest BCUT2D eigenvalue weighted by molar-refractivity contribution is -0.158. The smallest absolute Gasteiger partial charge is 0.319 e. The summed E-state index contributed by atoms with van der Waals surface area (Å²) in [6, 6.07) is 0.0582. The van der Waals surface area contributed by atoms with Gasteiger partial charge in [0.2, 0.25) is 5.91 Å². The number of ether oxygens (including phenoxy) is 1. The maximum absolute atomic E-state index is 12.3. The minimum Gasteiger partial charge on any atom is -0.465 e. The van der Waals surface area contributed by atoms with E-state index in [-0.39, 0.29) is 37.4 Å². The first-order valence-electron chi connectivity index (χ1n) is 7.37. The average molecular weight is 300 g/mol. The van der Waals surface area contributed by atoms with Crippen LogP contribution in [0, 0.1) is 5.41 Å². The number of amides is 1. The number of likely N-dealkylation sites (N-methyl/N-ethyl adjacent to an activating group) is 1. The third-order valence-electron chi connectivity index (χ3n) is 3.11. The molecule has 0 aliphatic rings. The van der Waals surface area contributed by atoms with Gasteiger partial charge in [-0.1, -0.05) is 6.92 Å². The molecule has 1 N–H and O–H groups in total. The lowest BCUT2D eigenvalue weighted by Crippen LogP contribution is -2.46. The van der Waals surface area contributed by atoms with Crippen LogP contribution in [0.4, 0.5) is 0 Å². The minimum absolute atomic E-state index is 0.0494. The predicted molar refractivity (Wildman–Crippen MR) is 80.8 cm³/mol. The first kappa shape index (κ1) is 19.6. The molecule has 0 rings (SSSR count). The fraction of sp³-hybridized carbons (Fsp3) is 0.800. The number of hydrogen-bond acceptors (Lipinski definition) is 5. The lowest BCUT2D eigenvalue weighted by Gasteiger charge is -2.25. The van der Waals surface area contributed by atoms with Crippen molar-refractivity contribution in [3.05, 3.63) is 0 Å². The van der Waals surface area contributed by atoms with E-state index in [4.69, 9.17) is 4.74 Å². The van der Waals surface area contributed by atoms with Gasteiger partial charge in [-0.3, -0.25) is 19.3 Å². The van der Waals surface area contributed by atoms with E-state index in [2.05, 4.69) is 5.32 Å². The van der Waals surface area contributed by atoms with Crippen molar-refractivity contribution in [2.75, 3.05) is 26.2 Å². The molecule has 0 spiro atoms. The van der Waals surface area contributed by atoms with Gasteiger partial charge in [0.25, 0.3) is 0 Å². The Morgan fingerprint density at radius 2 is 1.71 bits per heavy atom. The van der Waals surface area contributed by atoms with Gasteiger partial charge >= 0.3 is 5.97 Å². The Kier molecular flexibility index (Phi) is 8.17. The van der Waals surface area contributed by atoms with Gasteiger partial charge in [-0.25, -0.2) is 0 Å². The summed E-state index contributed by atoms with van der Waals surface area (Å²) in [6.07, 6.45) is 0. The molecule has 6 nitrogen and oxygen atoms in total. The molecule has 0 bridgehead atoms. The first-order chi connectivity index (χ1) is 9.64. The summed E-state index contributed by atoms with van der Waals surface area (Å²) in [5.41, 5.74) is -1.20. The molecule has 0 atom stereocenters. The molecule has 1 amide bonds. The van der Waals surface area contributed by atoms with Gasteiger partial charge in [-0.05, 0) is 41.2 Å². The van der Waals surface area contributed by atoms with Gasteiger partial charge in [-0.2, -0.15) is 0 Å². The highest BCUT2D eigenvalue weighted by Crippen LogP contribution is 2.19. The van der Waals surface area contributed by atoms with Crippen molar-refractivity contribution in [1.82, 2.24) is 10.2 Å². The highest BCUT2D eigenvalue weighted by Gasteiger charge is 2.37. The van der Waals surface area contributed by atoms with Gasteiger partial charge < -0.3 is 10.1 Å². The van der Waals surface area contributed by atoms with Crippen LogP contribution < -0.4 is 5.32 Å². The molecular formula is C15H28N2O4. The van der Waals surface area contributed by atoms with Crippen molar-refractivity contribution < 1.29 is 19.1 Å². The quantitative estimate of drug-likeness (QED) is 0.508. The molecule has 0 unspecified atom stereocenters. The number of carbonyl (C=O) groups excluding carboxylic acids is 3. The maximum atomic E-state index is 12.3. The van der Waals surface area contributed by atoms with E-state index in [0.717, 1.165) is 0 Å². The molecule has 0 saturated carbocycles. The van der Waals surface area contributed by atoms with Gasteiger partial charge in [0.05, 0.1) is 19.7 Å². The molecule has 122 valence electrons. The predicted octanol–water partition coefficient (Wildman–Crippen LogP) is 0.991. The van der Waals surface area contributed by atoms with Crippen LogP contribution in [0.25, 0.3) is 0 Å². The summed E-state index contributed by atoms with van der Waals surface area (Å²) in [5, 5.41) is 2.78. The van der Waals surface area contributed by atoms with Crippen molar-refractivity contribution in [2.24, 2.45) is 5.41 Å². The summed E-state index contributed by atoms with van der Waals surface area (Å²) in [4.78, 5) is 37.5. The second-order valence-electron chi connectivity index (χ2n) is 5.79. The Morgan fingerprint density at radius 3 is 2.14 bits per heavy atom. The Morgan fingerprint density at radius 1 is 1.14 bits per heavy atom. The van der Waals surface area contributed by atoms with Crippen molar-refractivity contribution in [3.8, 4) is 0 Å². The SMILES string of the molecule is CCOC(=O)C(C)(C)C(=O)CN(CC)CC(=O)NC(C)C. The van der Waals surface area contributed by atoms with Crippen molar-refractivity contribution >= 4 is 17.7 Å². The highest BCUT2D eigenvalue weighted by atomic mass is 16.5. The van der Waals surface area contributed by atoms with E-state index in [9.17, 15) is 14.4 Å². The second-order valence-corrected chi connectivity index (χ2v) is 5.79. The van der Waals surface area contributed by atoms with Crippen LogP contribution in [0.15, 0.2) is 0 Å². The normalized spacial score (nSPS) is 11.6. The fourth-order valence-corrected chi connectivity index (χ4v) is 1.68. The topological polar surface area (TPSA) is 75.7 Å². The number of esters is 1. The average Bonchev–Trinajstić information content (AvgIpc) is 2.36. The first-order valence-corrected chi connectivity index (χ1v) is 7.37. The summed E-state index contributed by atoms with van der Waals surface area (Å²) in [7, 11) is 0. The van der Waals surface area contributed by atoms with Crippen LogP contribution in [0.3, 0.4) is 0 Å². The van der Waals surface area contributed by atoms with Crippen LogP contribution in [-0.4, -0.2) is 54.8 Å². The molecule has 0 aliphatic carbocycles. The highest BCUT2D eigenvalue weighted by molar-refractivity contribution is 6.04. The number of Topliss-reactive ketones (excluding diaryl/α,β-unsaturated/α-hetero) is 1. The number of ketones is 1. The van der Waals surface area contributed by atoms with Crippen LogP contribution in [0.1, 0.15) is 41.5 Å². The number of hydrogen-bond donors (Lipinski definition) is 1. The van der Waals surface area contributed by atoms with E-state index in [1.807, 2.05) is 20.8 Å². The minimum atomic E-state index is -1.20. The summed E-state index contributed by atoms with van der Waals surface area (Å²) in [6.45, 7) is 11.4. The second kappa shape index (κ2) is 8.77. The fourth-order valence-electron chi connectivity index (χ4n) is 1.68. The monoisotopic (exact) mass is 300 g/mol. The zero-order chi connectivity index (χ0) is 16.6. The summed E-state index contributed by atoms with van der Waals surface area (Å²) in [5.74, 6) is -0.911. The standard InChI is InChI=1S/C15H28N2O4/c1-7-17(10-13(19)16-11(3)4)9-12(18)15(5,6)14(20)21-8-2/h11H,7-10H2,1-6H3,(H,16,19). The molecular weight excluding hydrogens is 272 g/mol. The van der Waals surface area contributed by atoms with Crippen LogP contribution in [0.2, 0.25) is 0 Å². The molecule has 0 aliphatic heterocycles. The maximum Gasteiger partial charge on any atom is 0.319 e. The summed E-state index contributed by atoms with van der Waals surface area (Å²) < 4.78 is 4.92. The van der Waals surface area contributed by atoms with Crippen molar-refractivity contribution in [3.63, 3.8) is 0 Å². The van der Waals surface area contributed by atoms with Crippen LogP contribution in [0.5, 0.6) is 0 Å². The third-order valence-corrected chi connectivity index (χ3v) is 3.11. The largest absolute Gasteiger partial charge is 0.465 e. The van der Waals surface area contributed by atoms with E-state index < -0.39 is 11.4 Å². The van der Waals surface area contributed by atoms with E-state index in [0.29, 0.717) is 6.54 Å². The Labute approximate surface area is 127 Å². The Bertz CT molecular complexity index is 378. The molecule has 0 aromatic heterocycles. The van der Waals surface area contributed by atoms with Gasteiger partial charge in [0.1, 0.15) is 5.41 Å². The number of nitrogens with one attached hydrogen (secondary N) is 1. The van der Waals surface area contributed by atoms with E-state index in [1.165, 1.54) is 0 Å². The van der Waals surface area contributed by atoms with Crippen molar-refractivity contribution in [1.29, 1.82) is 0 Å². The molecule has 0 heterocycles. The lowest BCUT2D eigenvalue weighted by atomic mass is 9.88. The Balaban J connectivity index is 4.64. The zero-order valence-corrected chi connectivity index (χ0v) is 14.0. The van der Waals surface area contributed by atoms with E-state index in [1.54, 1.807) is 25.7 Å². The van der Waals surface area contributed by atoms with Crippen LogP contribution >= 0.6 is 0 Å².